The van der Waals surface area contributed by atoms with Crippen LogP contribution in [0.2, 0.25) is 0 Å². The van der Waals surface area contributed by atoms with Crippen molar-refractivity contribution < 1.29 is 9.26 Å². The van der Waals surface area contributed by atoms with E-state index in [0.717, 1.165) is 33.5 Å². The van der Waals surface area contributed by atoms with E-state index in [1.165, 1.54) is 0 Å². The molecule has 2 aromatic heterocycles. The molecule has 2 aromatic carbocycles. The van der Waals surface area contributed by atoms with Crippen LogP contribution in [0.4, 0.5) is 0 Å². The lowest BCUT2D eigenvalue weighted by Gasteiger charge is -2.12. The van der Waals surface area contributed by atoms with Crippen LogP contribution in [0, 0.1) is 6.92 Å². The maximum atomic E-state index is 5.79. The third-order valence-corrected chi connectivity index (χ3v) is 4.43. The van der Waals surface area contributed by atoms with E-state index in [1.807, 2.05) is 61.9 Å². The van der Waals surface area contributed by atoms with Crippen LogP contribution in [0.3, 0.4) is 0 Å². The highest BCUT2D eigenvalue weighted by Gasteiger charge is 2.15. The third-order valence-electron chi connectivity index (χ3n) is 4.43. The molecule has 2 heterocycles. The zero-order valence-electron chi connectivity index (χ0n) is 16.7. The van der Waals surface area contributed by atoms with Gasteiger partial charge in [0.05, 0.1) is 11.6 Å². The molecule has 0 spiro atoms. The molecule has 0 bridgehead atoms. The fourth-order valence-electron chi connectivity index (χ4n) is 3.09. The van der Waals surface area contributed by atoms with Crippen LogP contribution < -0.4 is 4.74 Å². The maximum absolute atomic E-state index is 5.79. The highest BCUT2D eigenvalue weighted by atomic mass is 16.5. The molecule has 0 saturated carbocycles. The fraction of sp³-hybridized carbons (Fsp3) is 0.333. The summed E-state index contributed by atoms with van der Waals surface area (Å²) in [7, 11) is 0. The Labute approximate surface area is 163 Å². The molecule has 0 amide bonds. The lowest BCUT2D eigenvalue weighted by Crippen LogP contribution is -2.06. The van der Waals surface area contributed by atoms with E-state index in [0.29, 0.717) is 11.7 Å². The van der Waals surface area contributed by atoms with Crippen LogP contribution >= 0.6 is 0 Å². The molecule has 0 aliphatic heterocycles. The maximum Gasteiger partial charge on any atom is 0.258 e. The van der Waals surface area contributed by atoms with E-state index in [2.05, 4.69) is 34.3 Å². The van der Waals surface area contributed by atoms with Gasteiger partial charge in [0.15, 0.2) is 0 Å². The summed E-state index contributed by atoms with van der Waals surface area (Å²) in [5, 5.41) is 12.6. The third kappa shape index (κ3) is 3.35. The predicted molar refractivity (Wildman–Crippen MR) is 107 cm³/mol. The van der Waals surface area contributed by atoms with Crippen molar-refractivity contribution in [2.75, 3.05) is 0 Å². The normalized spacial score (nSPS) is 11.7. The van der Waals surface area contributed by atoms with Crippen LogP contribution in [0.25, 0.3) is 33.9 Å². The van der Waals surface area contributed by atoms with Gasteiger partial charge >= 0.3 is 0 Å². The van der Waals surface area contributed by atoms with Gasteiger partial charge in [-0.05, 0) is 76.6 Å². The number of nitrogens with zero attached hydrogens (tertiary/aromatic N) is 5. The van der Waals surface area contributed by atoms with E-state index in [1.54, 1.807) is 0 Å². The molecule has 7 nitrogen and oxygen atoms in total. The van der Waals surface area contributed by atoms with E-state index in [4.69, 9.17) is 9.26 Å². The Balaban J connectivity index is 1.64. The topological polar surface area (TPSA) is 78.9 Å². The lowest BCUT2D eigenvalue weighted by molar-refractivity contribution is 0.241. The number of hydrogen-bond donors (Lipinski definition) is 0. The van der Waals surface area contributed by atoms with Crippen LogP contribution in [0.5, 0.6) is 5.75 Å². The van der Waals surface area contributed by atoms with Gasteiger partial charge < -0.3 is 9.26 Å². The Hall–Kier alpha value is -3.22. The van der Waals surface area contributed by atoms with Gasteiger partial charge in [-0.15, -0.1) is 5.10 Å². The van der Waals surface area contributed by atoms with Crippen LogP contribution in [-0.4, -0.2) is 31.2 Å². The first-order valence-corrected chi connectivity index (χ1v) is 9.39. The zero-order valence-corrected chi connectivity index (χ0v) is 16.7. The molecule has 0 aliphatic carbocycles. The summed E-state index contributed by atoms with van der Waals surface area (Å²) in [6.45, 7) is 10.2. The molecular weight excluding hydrogens is 354 g/mol. The van der Waals surface area contributed by atoms with Crippen molar-refractivity contribution in [2.24, 2.45) is 0 Å². The van der Waals surface area contributed by atoms with Crippen molar-refractivity contribution in [3.8, 4) is 28.6 Å². The van der Waals surface area contributed by atoms with Gasteiger partial charge in [-0.3, -0.25) is 0 Å². The first-order valence-electron chi connectivity index (χ1n) is 9.39. The van der Waals surface area contributed by atoms with E-state index >= 15 is 0 Å². The van der Waals surface area contributed by atoms with E-state index < -0.39 is 0 Å². The highest BCUT2D eigenvalue weighted by Crippen LogP contribution is 2.28. The molecule has 0 unspecified atom stereocenters. The molecule has 0 N–H and O–H groups in total. The van der Waals surface area contributed by atoms with Gasteiger partial charge in [-0.1, -0.05) is 10.4 Å². The van der Waals surface area contributed by atoms with Crippen molar-refractivity contribution in [2.45, 2.75) is 46.8 Å². The van der Waals surface area contributed by atoms with Crippen molar-refractivity contribution in [1.82, 2.24) is 25.1 Å². The summed E-state index contributed by atoms with van der Waals surface area (Å²) in [5.74, 6) is 1.86. The average Bonchev–Trinajstić information content (AvgIpc) is 3.29. The Morgan fingerprint density at radius 3 is 2.50 bits per heavy atom. The Morgan fingerprint density at radius 2 is 1.79 bits per heavy atom. The molecule has 0 radical (unpaired) electrons. The fourth-order valence-corrected chi connectivity index (χ4v) is 3.09. The van der Waals surface area contributed by atoms with Gasteiger partial charge in [0.1, 0.15) is 11.3 Å². The minimum absolute atomic E-state index is 0.128. The smallest absolute Gasteiger partial charge is 0.258 e. The number of aryl methyl sites for hydroxylation is 1. The second-order valence-electron chi connectivity index (χ2n) is 7.40. The number of benzene rings is 2. The SMILES string of the molecule is Cc1cc(-c2nc(-c3ccc4c(c3)nnn4C(C)C)no2)ccc1OC(C)C. The summed E-state index contributed by atoms with van der Waals surface area (Å²) < 4.78 is 13.2. The molecule has 0 atom stereocenters. The Bertz CT molecular complexity index is 1130. The minimum atomic E-state index is 0.128. The molecule has 4 rings (SSSR count). The van der Waals surface area contributed by atoms with Gasteiger partial charge in [-0.25, -0.2) is 4.68 Å². The molecule has 28 heavy (non-hydrogen) atoms. The monoisotopic (exact) mass is 377 g/mol. The average molecular weight is 377 g/mol. The number of aromatic nitrogens is 5. The molecular formula is C21H23N5O2. The van der Waals surface area contributed by atoms with Crippen LogP contribution in [0.15, 0.2) is 40.9 Å². The number of fused-ring (bicyclic) bond motifs is 1. The molecule has 0 saturated heterocycles. The van der Waals surface area contributed by atoms with Crippen molar-refractivity contribution in [1.29, 1.82) is 0 Å². The Morgan fingerprint density at radius 1 is 1.00 bits per heavy atom. The molecule has 0 aliphatic rings. The lowest BCUT2D eigenvalue weighted by atomic mass is 10.1. The zero-order chi connectivity index (χ0) is 19.8. The largest absolute Gasteiger partial charge is 0.491 e. The predicted octanol–water partition coefficient (Wildman–Crippen LogP) is 4.82. The Kier molecular flexibility index (Phi) is 4.58. The van der Waals surface area contributed by atoms with Crippen LogP contribution in [0.1, 0.15) is 39.3 Å². The number of hydrogen-bond acceptors (Lipinski definition) is 6. The standard InChI is InChI=1S/C21H23N5O2/c1-12(2)26-18-8-6-15(11-17(18)23-25-26)20-22-21(28-24-20)16-7-9-19(14(5)10-16)27-13(3)4/h6-13H,1-5H3. The second kappa shape index (κ2) is 7.07. The van der Waals surface area contributed by atoms with Crippen molar-refractivity contribution in [3.63, 3.8) is 0 Å². The summed E-state index contributed by atoms with van der Waals surface area (Å²) in [4.78, 5) is 4.56. The minimum Gasteiger partial charge on any atom is -0.491 e. The second-order valence-corrected chi connectivity index (χ2v) is 7.40. The number of ether oxygens (including phenoxy) is 1. The highest BCUT2D eigenvalue weighted by molar-refractivity contribution is 5.80. The van der Waals surface area contributed by atoms with E-state index in [9.17, 15) is 0 Å². The molecule has 4 aromatic rings. The summed E-state index contributed by atoms with van der Waals surface area (Å²) in [6.07, 6.45) is 0.128. The van der Waals surface area contributed by atoms with Crippen molar-refractivity contribution >= 4 is 11.0 Å². The summed E-state index contributed by atoms with van der Waals surface area (Å²) >= 11 is 0. The summed E-state index contributed by atoms with van der Waals surface area (Å²) in [6, 6.07) is 12.0. The molecule has 144 valence electrons. The van der Waals surface area contributed by atoms with Gasteiger partial charge in [0.2, 0.25) is 5.82 Å². The first-order chi connectivity index (χ1) is 13.4. The summed E-state index contributed by atoms with van der Waals surface area (Å²) in [5.41, 5.74) is 4.52. The van der Waals surface area contributed by atoms with Crippen LogP contribution in [-0.2, 0) is 0 Å². The van der Waals surface area contributed by atoms with Crippen molar-refractivity contribution in [3.05, 3.63) is 42.0 Å². The number of rotatable bonds is 5. The van der Waals surface area contributed by atoms with Gasteiger partial charge in [0.25, 0.3) is 5.89 Å². The molecule has 7 heteroatoms. The van der Waals surface area contributed by atoms with Gasteiger partial charge in [0, 0.05) is 17.2 Å². The first kappa shape index (κ1) is 18.2. The van der Waals surface area contributed by atoms with E-state index in [-0.39, 0.29) is 12.1 Å². The van der Waals surface area contributed by atoms with Gasteiger partial charge in [-0.2, -0.15) is 4.98 Å². The quantitative estimate of drug-likeness (QED) is 0.496. The molecule has 0 fully saturated rings.